The van der Waals surface area contributed by atoms with E-state index in [9.17, 15) is 18.0 Å². The van der Waals surface area contributed by atoms with Gasteiger partial charge in [-0.15, -0.1) is 0 Å². The summed E-state index contributed by atoms with van der Waals surface area (Å²) < 4.78 is 33.9. The summed E-state index contributed by atoms with van der Waals surface area (Å²) in [6.07, 6.45) is -0.0949. The highest BCUT2D eigenvalue weighted by atomic mass is 32.2. The van der Waals surface area contributed by atoms with E-state index in [1.807, 2.05) is 18.5 Å². The van der Waals surface area contributed by atoms with Crippen molar-refractivity contribution in [3.63, 3.8) is 0 Å². The molecule has 0 aliphatic heterocycles. The van der Waals surface area contributed by atoms with E-state index in [4.69, 9.17) is 4.74 Å². The SMILES string of the molecule is CCOC(=O)NCc1ccc(S(=O)(=O)NC(=O)CCc2c(C)nn(CC(C)C)c2C)cc1. The van der Waals surface area contributed by atoms with Crippen molar-refractivity contribution in [2.75, 3.05) is 6.61 Å². The van der Waals surface area contributed by atoms with Crippen molar-refractivity contribution in [3.05, 3.63) is 46.8 Å². The maximum atomic E-state index is 12.5. The standard InChI is InChI=1S/C22H32N4O5S/c1-6-31-22(28)23-13-18-7-9-19(10-8-18)32(29,30)25-21(27)12-11-20-16(4)24-26(17(20)5)14-15(2)3/h7-10,15H,6,11-14H2,1-5H3,(H,23,28)(H,25,27). The molecule has 0 unspecified atom stereocenters. The molecular formula is C22H32N4O5S. The Morgan fingerprint density at radius 1 is 1.16 bits per heavy atom. The molecule has 176 valence electrons. The fourth-order valence-corrected chi connectivity index (χ4v) is 4.27. The number of carbonyl (C=O) groups excluding carboxylic acids is 2. The van der Waals surface area contributed by atoms with Crippen LogP contribution < -0.4 is 10.0 Å². The highest BCUT2D eigenvalue weighted by Gasteiger charge is 2.19. The first-order valence-electron chi connectivity index (χ1n) is 10.6. The van der Waals surface area contributed by atoms with E-state index in [0.717, 1.165) is 23.5 Å². The molecule has 2 aromatic rings. The molecule has 1 aromatic carbocycles. The van der Waals surface area contributed by atoms with Gasteiger partial charge in [0, 0.05) is 25.2 Å². The van der Waals surface area contributed by atoms with Crippen LogP contribution in [0.5, 0.6) is 0 Å². The van der Waals surface area contributed by atoms with Crippen LogP contribution in [0.2, 0.25) is 0 Å². The molecule has 2 N–H and O–H groups in total. The molecule has 2 rings (SSSR count). The van der Waals surface area contributed by atoms with Crippen molar-refractivity contribution in [1.82, 2.24) is 19.8 Å². The highest BCUT2D eigenvalue weighted by molar-refractivity contribution is 7.90. The van der Waals surface area contributed by atoms with Crippen LogP contribution in [0.15, 0.2) is 29.2 Å². The van der Waals surface area contributed by atoms with Crippen LogP contribution in [0.1, 0.15) is 49.7 Å². The lowest BCUT2D eigenvalue weighted by Gasteiger charge is -2.09. The number of sulfonamides is 1. The molecule has 1 aromatic heterocycles. The topological polar surface area (TPSA) is 119 Å². The molecule has 1 heterocycles. The molecular weight excluding hydrogens is 432 g/mol. The van der Waals surface area contributed by atoms with Gasteiger partial charge < -0.3 is 10.1 Å². The van der Waals surface area contributed by atoms with Gasteiger partial charge in [0.05, 0.1) is 17.2 Å². The van der Waals surface area contributed by atoms with Crippen molar-refractivity contribution in [3.8, 4) is 0 Å². The second-order valence-electron chi connectivity index (χ2n) is 7.97. The summed E-state index contributed by atoms with van der Waals surface area (Å²) in [7, 11) is -3.98. The number of carbonyl (C=O) groups is 2. The Labute approximate surface area is 189 Å². The fourth-order valence-electron chi connectivity index (χ4n) is 3.26. The second kappa shape index (κ2) is 11.1. The normalized spacial score (nSPS) is 11.4. The van der Waals surface area contributed by atoms with Crippen molar-refractivity contribution in [1.29, 1.82) is 0 Å². The number of hydrogen-bond donors (Lipinski definition) is 2. The van der Waals surface area contributed by atoms with Crippen LogP contribution in [-0.4, -0.2) is 36.8 Å². The van der Waals surface area contributed by atoms with Gasteiger partial charge in [0.25, 0.3) is 10.0 Å². The van der Waals surface area contributed by atoms with E-state index in [0.29, 0.717) is 17.9 Å². The van der Waals surface area contributed by atoms with Crippen molar-refractivity contribution >= 4 is 22.0 Å². The first-order chi connectivity index (χ1) is 15.0. The number of ether oxygens (including phenoxy) is 1. The Bertz CT molecular complexity index is 1040. The van der Waals surface area contributed by atoms with Gasteiger partial charge in [-0.05, 0) is 56.4 Å². The number of benzene rings is 1. The minimum atomic E-state index is -3.98. The Balaban J connectivity index is 1.95. The number of alkyl carbamates (subject to hydrolysis) is 1. The van der Waals surface area contributed by atoms with Crippen LogP contribution in [0.4, 0.5) is 4.79 Å². The largest absolute Gasteiger partial charge is 0.450 e. The minimum absolute atomic E-state index is 0.0251. The van der Waals surface area contributed by atoms with Gasteiger partial charge in [-0.1, -0.05) is 26.0 Å². The van der Waals surface area contributed by atoms with E-state index in [2.05, 4.69) is 29.0 Å². The van der Waals surface area contributed by atoms with Crippen molar-refractivity contribution in [2.24, 2.45) is 5.92 Å². The zero-order valence-electron chi connectivity index (χ0n) is 19.3. The molecule has 0 saturated heterocycles. The fraction of sp³-hybridized carbons (Fsp3) is 0.500. The number of rotatable bonds is 10. The number of aromatic nitrogens is 2. The zero-order chi connectivity index (χ0) is 23.9. The molecule has 9 nitrogen and oxygen atoms in total. The summed E-state index contributed by atoms with van der Waals surface area (Å²) in [6.45, 7) is 11.0. The van der Waals surface area contributed by atoms with Crippen LogP contribution >= 0.6 is 0 Å². The summed E-state index contributed by atoms with van der Waals surface area (Å²) in [5.74, 6) is -0.130. The van der Waals surface area contributed by atoms with Gasteiger partial charge in [-0.2, -0.15) is 5.10 Å². The zero-order valence-corrected chi connectivity index (χ0v) is 20.1. The molecule has 0 radical (unpaired) electrons. The maximum absolute atomic E-state index is 12.5. The number of aryl methyl sites for hydroxylation is 1. The van der Waals surface area contributed by atoms with E-state index in [1.54, 1.807) is 19.1 Å². The van der Waals surface area contributed by atoms with Crippen molar-refractivity contribution in [2.45, 2.75) is 65.4 Å². The van der Waals surface area contributed by atoms with Gasteiger partial charge in [0.1, 0.15) is 0 Å². The van der Waals surface area contributed by atoms with Gasteiger partial charge in [0.2, 0.25) is 5.91 Å². The Kier molecular flexibility index (Phi) is 8.82. The quantitative estimate of drug-likeness (QED) is 0.558. The molecule has 0 bridgehead atoms. The van der Waals surface area contributed by atoms with E-state index >= 15 is 0 Å². The van der Waals surface area contributed by atoms with Crippen LogP contribution in [0.25, 0.3) is 0 Å². The predicted octanol–water partition coefficient (Wildman–Crippen LogP) is 2.84. The Morgan fingerprint density at radius 3 is 2.41 bits per heavy atom. The molecule has 10 heteroatoms. The molecule has 0 spiro atoms. The molecule has 32 heavy (non-hydrogen) atoms. The second-order valence-corrected chi connectivity index (χ2v) is 9.65. The molecule has 0 aliphatic carbocycles. The highest BCUT2D eigenvalue weighted by Crippen LogP contribution is 2.17. The first kappa shape index (κ1) is 25.4. The molecule has 0 fully saturated rings. The minimum Gasteiger partial charge on any atom is -0.450 e. The third-order valence-electron chi connectivity index (χ3n) is 4.87. The number of hydrogen-bond acceptors (Lipinski definition) is 6. The summed E-state index contributed by atoms with van der Waals surface area (Å²) in [5.41, 5.74) is 3.52. The molecule has 0 aliphatic rings. The van der Waals surface area contributed by atoms with Crippen LogP contribution in [0.3, 0.4) is 0 Å². The Hall–Kier alpha value is -2.88. The lowest BCUT2D eigenvalue weighted by molar-refractivity contribution is -0.119. The Morgan fingerprint density at radius 2 is 1.81 bits per heavy atom. The van der Waals surface area contributed by atoms with E-state index < -0.39 is 22.0 Å². The smallest absolute Gasteiger partial charge is 0.407 e. The maximum Gasteiger partial charge on any atom is 0.407 e. The lowest BCUT2D eigenvalue weighted by atomic mass is 10.1. The van der Waals surface area contributed by atoms with Crippen LogP contribution in [-0.2, 0) is 39.1 Å². The average Bonchev–Trinajstić information content (AvgIpc) is 2.97. The van der Waals surface area contributed by atoms with Gasteiger partial charge in [0.15, 0.2) is 0 Å². The third kappa shape index (κ3) is 7.08. The first-order valence-corrected chi connectivity index (χ1v) is 12.1. The lowest BCUT2D eigenvalue weighted by Crippen LogP contribution is -2.30. The van der Waals surface area contributed by atoms with Gasteiger partial charge in [-0.3, -0.25) is 9.48 Å². The molecule has 2 amide bonds. The van der Waals surface area contributed by atoms with Gasteiger partial charge >= 0.3 is 6.09 Å². The summed E-state index contributed by atoms with van der Waals surface area (Å²) in [6, 6.07) is 5.92. The molecule has 0 atom stereocenters. The van der Waals surface area contributed by atoms with Crippen LogP contribution in [0, 0.1) is 19.8 Å². The van der Waals surface area contributed by atoms with Crippen molar-refractivity contribution < 1.29 is 22.7 Å². The number of amides is 2. The average molecular weight is 465 g/mol. The number of nitrogens with one attached hydrogen (secondary N) is 2. The third-order valence-corrected chi connectivity index (χ3v) is 6.25. The summed E-state index contributed by atoms with van der Waals surface area (Å²) in [4.78, 5) is 23.7. The van der Waals surface area contributed by atoms with E-state index in [1.165, 1.54) is 12.1 Å². The summed E-state index contributed by atoms with van der Waals surface area (Å²) >= 11 is 0. The molecule has 0 saturated carbocycles. The predicted molar refractivity (Wildman–Crippen MR) is 120 cm³/mol. The van der Waals surface area contributed by atoms with E-state index in [-0.39, 0.29) is 24.5 Å². The van der Waals surface area contributed by atoms with Gasteiger partial charge in [-0.25, -0.2) is 17.9 Å². The monoisotopic (exact) mass is 464 g/mol. The number of nitrogens with zero attached hydrogens (tertiary/aromatic N) is 2. The summed E-state index contributed by atoms with van der Waals surface area (Å²) in [5, 5.41) is 7.08.